The highest BCUT2D eigenvalue weighted by Gasteiger charge is 2.23. The zero-order chi connectivity index (χ0) is 24.2. The van der Waals surface area contributed by atoms with Gasteiger partial charge in [0.2, 0.25) is 0 Å². The van der Waals surface area contributed by atoms with Crippen LogP contribution in [0, 0.1) is 0 Å². The van der Waals surface area contributed by atoms with E-state index in [-0.39, 0.29) is 18.2 Å². The molecule has 0 spiro atoms. The lowest BCUT2D eigenvalue weighted by molar-refractivity contribution is 0.0982. The molecule has 5 aromatic rings. The molecule has 2 heterocycles. The van der Waals surface area contributed by atoms with E-state index in [0.29, 0.717) is 21.8 Å². The quantitative estimate of drug-likeness (QED) is 0.277. The molecule has 0 aliphatic carbocycles. The van der Waals surface area contributed by atoms with E-state index in [1.165, 1.54) is 11.3 Å². The number of benzene rings is 3. The molecule has 0 unspecified atom stereocenters. The van der Waals surface area contributed by atoms with Gasteiger partial charge in [-0.05, 0) is 42.5 Å². The van der Waals surface area contributed by atoms with Crippen LogP contribution in [-0.2, 0) is 6.54 Å². The van der Waals surface area contributed by atoms with E-state index in [9.17, 15) is 9.59 Å². The summed E-state index contributed by atoms with van der Waals surface area (Å²) in [6.07, 6.45) is 1.70. The highest BCUT2D eigenvalue weighted by Crippen LogP contribution is 2.33. The Hall–Kier alpha value is -4.36. The summed E-state index contributed by atoms with van der Waals surface area (Å²) in [6, 6.07) is 27.0. The highest BCUT2D eigenvalue weighted by atomic mass is 32.1. The summed E-state index contributed by atoms with van der Waals surface area (Å²) in [5.74, 6) is 0.421. The van der Waals surface area contributed by atoms with E-state index in [0.717, 1.165) is 21.7 Å². The van der Waals surface area contributed by atoms with Gasteiger partial charge in [0.1, 0.15) is 5.75 Å². The Morgan fingerprint density at radius 1 is 0.857 bits per heavy atom. The summed E-state index contributed by atoms with van der Waals surface area (Å²) in [7, 11) is 1.62. The first-order valence-electron chi connectivity index (χ1n) is 11.0. The molecule has 2 aromatic heterocycles. The molecule has 6 nitrogen and oxygen atoms in total. The second-order valence-electron chi connectivity index (χ2n) is 7.81. The van der Waals surface area contributed by atoms with Crippen molar-refractivity contribution in [3.05, 3.63) is 120 Å². The highest BCUT2D eigenvalue weighted by molar-refractivity contribution is 7.22. The van der Waals surface area contributed by atoms with Gasteiger partial charge < -0.3 is 4.74 Å². The van der Waals surface area contributed by atoms with Crippen LogP contribution in [0.15, 0.2) is 97.2 Å². The molecule has 0 fully saturated rings. The number of rotatable bonds is 7. The second-order valence-corrected chi connectivity index (χ2v) is 8.82. The maximum absolute atomic E-state index is 13.7. The molecule has 35 heavy (non-hydrogen) atoms. The predicted molar refractivity (Wildman–Crippen MR) is 137 cm³/mol. The van der Waals surface area contributed by atoms with E-state index in [1.807, 2.05) is 54.6 Å². The Morgan fingerprint density at radius 2 is 1.57 bits per heavy atom. The topological polar surface area (TPSA) is 72.4 Å². The lowest BCUT2D eigenvalue weighted by atomic mass is 10.0. The van der Waals surface area contributed by atoms with Crippen molar-refractivity contribution in [2.75, 3.05) is 12.0 Å². The fraction of sp³-hybridized carbons (Fsp3) is 0.0714. The monoisotopic (exact) mass is 479 g/mol. The molecule has 0 atom stereocenters. The molecule has 0 aliphatic rings. The first-order valence-corrected chi connectivity index (χ1v) is 11.8. The third kappa shape index (κ3) is 4.81. The molecule has 0 saturated heterocycles. The molecular formula is C28H21N3O3S. The number of nitrogens with zero attached hydrogens (tertiary/aromatic N) is 3. The third-order valence-corrected chi connectivity index (χ3v) is 6.58. The number of carbonyl (C=O) groups is 2. The first kappa shape index (κ1) is 22.4. The van der Waals surface area contributed by atoms with Gasteiger partial charge in [-0.15, -0.1) is 0 Å². The Kier molecular flexibility index (Phi) is 6.32. The maximum atomic E-state index is 13.7. The lowest BCUT2D eigenvalue weighted by Gasteiger charge is -2.19. The number of ketones is 1. The van der Waals surface area contributed by atoms with Crippen molar-refractivity contribution in [2.24, 2.45) is 0 Å². The van der Waals surface area contributed by atoms with Crippen LogP contribution >= 0.6 is 11.3 Å². The van der Waals surface area contributed by atoms with Crippen LogP contribution in [0.5, 0.6) is 5.75 Å². The number of aromatic nitrogens is 2. The molecule has 0 radical (unpaired) electrons. The number of pyridine rings is 1. The Bertz CT molecular complexity index is 1480. The minimum atomic E-state index is -0.222. The van der Waals surface area contributed by atoms with Crippen LogP contribution in [0.4, 0.5) is 5.13 Å². The number of fused-ring (bicyclic) bond motifs is 1. The molecule has 7 heteroatoms. The van der Waals surface area contributed by atoms with E-state index in [4.69, 9.17) is 9.72 Å². The summed E-state index contributed by atoms with van der Waals surface area (Å²) in [5.41, 5.74) is 3.12. The van der Waals surface area contributed by atoms with Crippen LogP contribution < -0.4 is 9.64 Å². The number of ether oxygens (including phenoxy) is 1. The SMILES string of the molecule is COc1ccc2nc(N(Cc3ccccn3)C(=O)c3ccc(C(=O)c4ccccc4)cc3)sc2c1. The maximum Gasteiger partial charge on any atom is 0.260 e. The fourth-order valence-electron chi connectivity index (χ4n) is 3.69. The number of amides is 1. The van der Waals surface area contributed by atoms with Crippen molar-refractivity contribution in [3.63, 3.8) is 0 Å². The average molecular weight is 480 g/mol. The summed E-state index contributed by atoms with van der Waals surface area (Å²) in [6.45, 7) is 0.265. The molecule has 1 amide bonds. The Balaban J connectivity index is 1.48. The van der Waals surface area contributed by atoms with Gasteiger partial charge in [0, 0.05) is 22.9 Å². The van der Waals surface area contributed by atoms with Crippen molar-refractivity contribution in [1.82, 2.24) is 9.97 Å². The summed E-state index contributed by atoms with van der Waals surface area (Å²) < 4.78 is 6.25. The number of anilines is 1. The van der Waals surface area contributed by atoms with Crippen LogP contribution in [0.1, 0.15) is 32.0 Å². The largest absolute Gasteiger partial charge is 0.497 e. The Labute approximate surface area is 206 Å². The van der Waals surface area contributed by atoms with Gasteiger partial charge in [0.25, 0.3) is 5.91 Å². The normalized spacial score (nSPS) is 10.8. The summed E-state index contributed by atoms with van der Waals surface area (Å²) >= 11 is 1.41. The third-order valence-electron chi connectivity index (χ3n) is 5.54. The molecule has 0 saturated carbocycles. The lowest BCUT2D eigenvalue weighted by Crippen LogP contribution is -2.30. The fourth-order valence-corrected chi connectivity index (χ4v) is 4.68. The number of hydrogen-bond donors (Lipinski definition) is 0. The molecule has 0 N–H and O–H groups in total. The average Bonchev–Trinajstić information content (AvgIpc) is 3.35. The van der Waals surface area contributed by atoms with Gasteiger partial charge in [-0.2, -0.15) is 0 Å². The van der Waals surface area contributed by atoms with Gasteiger partial charge in [0.15, 0.2) is 10.9 Å². The van der Waals surface area contributed by atoms with Crippen LogP contribution in [0.25, 0.3) is 10.2 Å². The minimum Gasteiger partial charge on any atom is -0.497 e. The first-order chi connectivity index (χ1) is 17.1. The number of hydrogen-bond acceptors (Lipinski definition) is 6. The van der Waals surface area contributed by atoms with Gasteiger partial charge >= 0.3 is 0 Å². The van der Waals surface area contributed by atoms with Gasteiger partial charge in [0.05, 0.1) is 29.6 Å². The van der Waals surface area contributed by atoms with E-state index in [2.05, 4.69) is 4.98 Å². The van der Waals surface area contributed by atoms with Crippen molar-refractivity contribution in [2.45, 2.75) is 6.54 Å². The smallest absolute Gasteiger partial charge is 0.260 e. The van der Waals surface area contributed by atoms with Crippen molar-refractivity contribution in [1.29, 1.82) is 0 Å². The zero-order valence-corrected chi connectivity index (χ0v) is 19.7. The van der Waals surface area contributed by atoms with Crippen molar-refractivity contribution >= 4 is 38.4 Å². The molecule has 3 aromatic carbocycles. The zero-order valence-electron chi connectivity index (χ0n) is 18.9. The number of carbonyl (C=O) groups excluding carboxylic acids is 2. The van der Waals surface area contributed by atoms with Crippen molar-refractivity contribution < 1.29 is 14.3 Å². The molecular weight excluding hydrogens is 458 g/mol. The van der Waals surface area contributed by atoms with Crippen molar-refractivity contribution in [3.8, 4) is 5.75 Å². The van der Waals surface area contributed by atoms with Crippen LogP contribution in [0.2, 0.25) is 0 Å². The van der Waals surface area contributed by atoms with Crippen LogP contribution in [-0.4, -0.2) is 28.8 Å². The standard InChI is InChI=1S/C28H21N3O3S/c1-34-23-14-15-24-25(17-23)35-28(30-24)31(18-22-9-5-6-16-29-22)27(33)21-12-10-20(11-13-21)26(32)19-7-3-2-4-8-19/h2-17H,18H2,1H3. The second kappa shape index (κ2) is 9.87. The molecule has 172 valence electrons. The molecule has 5 rings (SSSR count). The van der Waals surface area contributed by atoms with Gasteiger partial charge in [-0.25, -0.2) is 4.98 Å². The van der Waals surface area contributed by atoms with Gasteiger partial charge in [-0.1, -0.05) is 59.9 Å². The van der Waals surface area contributed by atoms with Crippen LogP contribution in [0.3, 0.4) is 0 Å². The minimum absolute atomic E-state index is 0.0879. The summed E-state index contributed by atoms with van der Waals surface area (Å²) in [4.78, 5) is 37.1. The number of methoxy groups -OCH3 is 1. The summed E-state index contributed by atoms with van der Waals surface area (Å²) in [5, 5.41) is 0.563. The number of thiazole rings is 1. The van der Waals surface area contributed by atoms with E-state index in [1.54, 1.807) is 54.6 Å². The van der Waals surface area contributed by atoms with E-state index < -0.39 is 0 Å². The Morgan fingerprint density at radius 3 is 2.29 bits per heavy atom. The predicted octanol–water partition coefficient (Wildman–Crippen LogP) is 5.78. The van der Waals surface area contributed by atoms with E-state index >= 15 is 0 Å². The van der Waals surface area contributed by atoms with Gasteiger partial charge in [-0.3, -0.25) is 19.5 Å². The molecule has 0 aliphatic heterocycles. The molecule has 0 bridgehead atoms.